The maximum absolute atomic E-state index is 12.5. The van der Waals surface area contributed by atoms with Gasteiger partial charge >= 0.3 is 0 Å². The van der Waals surface area contributed by atoms with Gasteiger partial charge in [0.05, 0.1) is 12.5 Å². The number of benzene rings is 2. The Balaban J connectivity index is 1.82. The number of nitrogens with zero attached hydrogens (tertiary/aromatic N) is 1. The van der Waals surface area contributed by atoms with E-state index < -0.39 is 0 Å². The van der Waals surface area contributed by atoms with Crippen molar-refractivity contribution in [1.29, 1.82) is 0 Å². The molecule has 0 radical (unpaired) electrons. The van der Waals surface area contributed by atoms with E-state index in [1.54, 1.807) is 18.5 Å². The number of amides is 1. The average Bonchev–Trinajstić information content (AvgIpc) is 2.63. The van der Waals surface area contributed by atoms with Crippen molar-refractivity contribution in [3.05, 3.63) is 101 Å². The van der Waals surface area contributed by atoms with Gasteiger partial charge in [-0.25, -0.2) is 0 Å². The molecule has 1 atom stereocenters. The van der Waals surface area contributed by atoms with Gasteiger partial charge in [-0.3, -0.25) is 9.78 Å². The third kappa shape index (κ3) is 4.00. The summed E-state index contributed by atoms with van der Waals surface area (Å²) in [6, 6.07) is 20.9. The first-order valence-electron chi connectivity index (χ1n) is 7.71. The third-order valence-corrected chi connectivity index (χ3v) is 4.16. The van der Waals surface area contributed by atoms with Crippen LogP contribution in [-0.4, -0.2) is 10.9 Å². The molecule has 0 aliphatic carbocycles. The van der Waals surface area contributed by atoms with Crippen molar-refractivity contribution in [1.82, 2.24) is 10.3 Å². The van der Waals surface area contributed by atoms with Crippen molar-refractivity contribution in [2.75, 3.05) is 0 Å². The molecule has 2 aromatic carbocycles. The minimum Gasteiger partial charge on any atom is -0.345 e. The fourth-order valence-corrected chi connectivity index (χ4v) is 2.79. The highest BCUT2D eigenvalue weighted by atomic mass is 35.5. The molecule has 1 unspecified atom stereocenters. The van der Waals surface area contributed by atoms with E-state index in [9.17, 15) is 4.79 Å². The van der Waals surface area contributed by atoms with Crippen molar-refractivity contribution in [3.8, 4) is 0 Å². The summed E-state index contributed by atoms with van der Waals surface area (Å²) in [7, 11) is 0. The van der Waals surface area contributed by atoms with Crippen LogP contribution >= 0.6 is 11.6 Å². The summed E-state index contributed by atoms with van der Waals surface area (Å²) < 4.78 is 0. The molecule has 3 nitrogen and oxygen atoms in total. The second kappa shape index (κ2) is 7.75. The average molecular weight is 337 g/mol. The van der Waals surface area contributed by atoms with Crippen LogP contribution in [0.15, 0.2) is 79.1 Å². The molecule has 4 heteroatoms. The molecular formula is C20H17ClN2O. The Kier molecular flexibility index (Phi) is 5.24. The zero-order valence-corrected chi connectivity index (χ0v) is 13.8. The van der Waals surface area contributed by atoms with Crippen molar-refractivity contribution >= 4 is 17.5 Å². The quantitative estimate of drug-likeness (QED) is 0.759. The number of pyridine rings is 1. The predicted octanol–water partition coefficient (Wildman–Crippen LogP) is 4.18. The van der Waals surface area contributed by atoms with Crippen molar-refractivity contribution in [2.45, 2.75) is 12.5 Å². The zero-order valence-electron chi connectivity index (χ0n) is 13.0. The molecule has 120 valence electrons. The van der Waals surface area contributed by atoms with Crippen molar-refractivity contribution in [3.63, 3.8) is 0 Å². The second-order valence-corrected chi connectivity index (χ2v) is 5.87. The third-order valence-electron chi connectivity index (χ3n) is 3.79. The molecule has 3 aromatic rings. The molecule has 0 saturated carbocycles. The van der Waals surface area contributed by atoms with Gasteiger partial charge in [-0.2, -0.15) is 0 Å². The Hall–Kier alpha value is -2.65. The number of hydrogen-bond donors (Lipinski definition) is 1. The number of halogens is 1. The molecule has 1 amide bonds. The van der Waals surface area contributed by atoms with E-state index in [1.807, 2.05) is 60.7 Å². The van der Waals surface area contributed by atoms with Crippen LogP contribution in [0.5, 0.6) is 0 Å². The van der Waals surface area contributed by atoms with E-state index in [1.165, 1.54) is 0 Å². The van der Waals surface area contributed by atoms with E-state index in [0.717, 1.165) is 16.7 Å². The second-order valence-electron chi connectivity index (χ2n) is 5.46. The summed E-state index contributed by atoms with van der Waals surface area (Å²) in [4.78, 5) is 16.6. The fraction of sp³-hybridized carbons (Fsp3) is 0.100. The molecule has 0 bridgehead atoms. The molecule has 1 aromatic heterocycles. The first-order valence-corrected chi connectivity index (χ1v) is 8.09. The Morgan fingerprint density at radius 1 is 0.917 bits per heavy atom. The van der Waals surface area contributed by atoms with E-state index in [-0.39, 0.29) is 18.4 Å². The van der Waals surface area contributed by atoms with Gasteiger partial charge in [0.2, 0.25) is 5.91 Å². The summed E-state index contributed by atoms with van der Waals surface area (Å²) in [5, 5.41) is 3.70. The van der Waals surface area contributed by atoms with E-state index in [0.29, 0.717) is 5.02 Å². The summed E-state index contributed by atoms with van der Waals surface area (Å²) in [6.07, 6.45) is 3.70. The molecule has 24 heavy (non-hydrogen) atoms. The maximum atomic E-state index is 12.5. The number of hydrogen-bond acceptors (Lipinski definition) is 2. The summed E-state index contributed by atoms with van der Waals surface area (Å²) in [6.45, 7) is 0. The molecule has 0 spiro atoms. The monoisotopic (exact) mass is 336 g/mol. The topological polar surface area (TPSA) is 42.0 Å². The molecule has 0 aliphatic rings. The number of carbonyl (C=O) groups excluding carboxylic acids is 1. The lowest BCUT2D eigenvalue weighted by atomic mass is 9.99. The van der Waals surface area contributed by atoms with E-state index >= 15 is 0 Å². The first kappa shape index (κ1) is 16.2. The molecule has 1 N–H and O–H groups in total. The molecule has 0 saturated heterocycles. The number of rotatable bonds is 5. The standard InChI is InChI=1S/C20H17ClN2O/c21-18-9-5-4-8-17(18)14-19(24)23-20(15-6-2-1-3-7-15)16-10-12-22-13-11-16/h1-13,20H,14H2,(H,23,24). The lowest BCUT2D eigenvalue weighted by Crippen LogP contribution is -2.30. The van der Waals surface area contributed by atoms with Crippen LogP contribution in [0.3, 0.4) is 0 Å². The molecule has 1 heterocycles. The van der Waals surface area contributed by atoms with Gasteiger partial charge in [0.15, 0.2) is 0 Å². The van der Waals surface area contributed by atoms with Crippen molar-refractivity contribution in [2.24, 2.45) is 0 Å². The van der Waals surface area contributed by atoms with Gasteiger partial charge < -0.3 is 5.32 Å². The van der Waals surface area contributed by atoms with Crippen LogP contribution in [0.1, 0.15) is 22.7 Å². The Labute approximate surface area is 146 Å². The van der Waals surface area contributed by atoms with Crippen LogP contribution in [0.4, 0.5) is 0 Å². The number of nitrogens with one attached hydrogen (secondary N) is 1. The number of carbonyl (C=O) groups is 1. The normalized spacial score (nSPS) is 11.7. The Morgan fingerprint density at radius 3 is 2.25 bits per heavy atom. The van der Waals surface area contributed by atoms with Gasteiger partial charge in [0.25, 0.3) is 0 Å². The van der Waals surface area contributed by atoms with Crippen LogP contribution in [-0.2, 0) is 11.2 Å². The van der Waals surface area contributed by atoms with Gasteiger partial charge in [-0.05, 0) is 34.9 Å². The molecule has 0 fully saturated rings. The van der Waals surface area contributed by atoms with Crippen LogP contribution in [0.25, 0.3) is 0 Å². The SMILES string of the molecule is O=C(Cc1ccccc1Cl)NC(c1ccccc1)c1ccncc1. The molecule has 0 aliphatic heterocycles. The minimum atomic E-state index is -0.218. The van der Waals surface area contributed by atoms with Crippen LogP contribution < -0.4 is 5.32 Å². The summed E-state index contributed by atoms with van der Waals surface area (Å²) in [5.41, 5.74) is 2.83. The van der Waals surface area contributed by atoms with Crippen LogP contribution in [0, 0.1) is 0 Å². The zero-order chi connectivity index (χ0) is 16.8. The maximum Gasteiger partial charge on any atom is 0.225 e. The van der Waals surface area contributed by atoms with Gasteiger partial charge in [0, 0.05) is 17.4 Å². The van der Waals surface area contributed by atoms with E-state index in [4.69, 9.17) is 11.6 Å². The smallest absolute Gasteiger partial charge is 0.225 e. The van der Waals surface area contributed by atoms with Gasteiger partial charge in [-0.15, -0.1) is 0 Å². The predicted molar refractivity (Wildman–Crippen MR) is 95.8 cm³/mol. The highest BCUT2D eigenvalue weighted by Crippen LogP contribution is 2.22. The van der Waals surface area contributed by atoms with Crippen LogP contribution in [0.2, 0.25) is 5.02 Å². The Morgan fingerprint density at radius 2 is 1.54 bits per heavy atom. The molecular weight excluding hydrogens is 320 g/mol. The highest BCUT2D eigenvalue weighted by Gasteiger charge is 2.17. The summed E-state index contributed by atoms with van der Waals surface area (Å²) >= 11 is 6.15. The fourth-order valence-electron chi connectivity index (χ4n) is 2.59. The molecule has 3 rings (SSSR count). The first-order chi connectivity index (χ1) is 11.7. The Bertz CT molecular complexity index is 767. The summed E-state index contributed by atoms with van der Waals surface area (Å²) in [5.74, 6) is -0.0752. The largest absolute Gasteiger partial charge is 0.345 e. The lowest BCUT2D eigenvalue weighted by Gasteiger charge is -2.20. The minimum absolute atomic E-state index is 0.0752. The highest BCUT2D eigenvalue weighted by molar-refractivity contribution is 6.31. The van der Waals surface area contributed by atoms with Crippen molar-refractivity contribution < 1.29 is 4.79 Å². The van der Waals surface area contributed by atoms with E-state index in [2.05, 4.69) is 10.3 Å². The lowest BCUT2D eigenvalue weighted by molar-refractivity contribution is -0.120. The van der Waals surface area contributed by atoms with Gasteiger partial charge in [0.1, 0.15) is 0 Å². The number of aromatic nitrogens is 1. The van der Waals surface area contributed by atoms with Gasteiger partial charge in [-0.1, -0.05) is 60.1 Å².